The van der Waals surface area contributed by atoms with Crippen LogP contribution in [0.3, 0.4) is 0 Å². The van der Waals surface area contributed by atoms with Crippen LogP contribution in [-0.4, -0.2) is 45.8 Å². The first kappa shape index (κ1) is 14.3. The summed E-state index contributed by atoms with van der Waals surface area (Å²) in [6, 6.07) is -0.0318. The highest BCUT2D eigenvalue weighted by atomic mass is 16.5. The van der Waals surface area contributed by atoms with Crippen LogP contribution in [0.2, 0.25) is 0 Å². The Kier molecular flexibility index (Phi) is 3.84. The van der Waals surface area contributed by atoms with E-state index >= 15 is 0 Å². The number of ether oxygens (including phenoxy) is 1. The van der Waals surface area contributed by atoms with Crippen LogP contribution in [0.1, 0.15) is 50.9 Å². The van der Waals surface area contributed by atoms with Gasteiger partial charge < -0.3 is 15.0 Å². The SMILES string of the molecule is CC1(C)CCN(C(=O)NCc2nc([C@@H]3CCCO3)n[nH]2)C1. The van der Waals surface area contributed by atoms with Gasteiger partial charge in [-0.15, -0.1) is 0 Å². The number of aromatic nitrogens is 3. The van der Waals surface area contributed by atoms with Gasteiger partial charge in [0.25, 0.3) is 0 Å². The van der Waals surface area contributed by atoms with Crippen LogP contribution in [0.5, 0.6) is 0 Å². The Morgan fingerprint density at radius 2 is 2.43 bits per heavy atom. The third-order valence-electron chi connectivity index (χ3n) is 4.14. The fraction of sp³-hybridized carbons (Fsp3) is 0.786. The number of nitrogens with one attached hydrogen (secondary N) is 2. The van der Waals surface area contributed by atoms with Gasteiger partial charge in [-0.1, -0.05) is 13.8 Å². The molecule has 21 heavy (non-hydrogen) atoms. The maximum atomic E-state index is 12.1. The quantitative estimate of drug-likeness (QED) is 0.886. The lowest BCUT2D eigenvalue weighted by Gasteiger charge is -2.19. The number of nitrogens with zero attached hydrogens (tertiary/aromatic N) is 3. The molecule has 2 saturated heterocycles. The number of hydrogen-bond donors (Lipinski definition) is 2. The molecule has 7 heteroatoms. The third-order valence-corrected chi connectivity index (χ3v) is 4.14. The fourth-order valence-corrected chi connectivity index (χ4v) is 2.87. The van der Waals surface area contributed by atoms with Crippen molar-refractivity contribution in [3.63, 3.8) is 0 Å². The first-order valence-corrected chi connectivity index (χ1v) is 7.59. The van der Waals surface area contributed by atoms with Crippen molar-refractivity contribution in [2.75, 3.05) is 19.7 Å². The fourth-order valence-electron chi connectivity index (χ4n) is 2.87. The van der Waals surface area contributed by atoms with E-state index in [9.17, 15) is 4.79 Å². The molecule has 2 N–H and O–H groups in total. The minimum atomic E-state index is -0.0318. The summed E-state index contributed by atoms with van der Waals surface area (Å²) in [6.45, 7) is 7.13. The van der Waals surface area contributed by atoms with Crippen LogP contribution in [0.15, 0.2) is 0 Å². The maximum Gasteiger partial charge on any atom is 0.317 e. The molecule has 1 atom stereocenters. The molecular formula is C14H23N5O2. The Labute approximate surface area is 124 Å². The van der Waals surface area contributed by atoms with Gasteiger partial charge in [0, 0.05) is 19.7 Å². The van der Waals surface area contributed by atoms with Crippen LogP contribution < -0.4 is 5.32 Å². The molecule has 0 aliphatic carbocycles. The molecule has 0 radical (unpaired) electrons. The Morgan fingerprint density at radius 3 is 3.10 bits per heavy atom. The average molecular weight is 293 g/mol. The van der Waals surface area contributed by atoms with Crippen molar-refractivity contribution < 1.29 is 9.53 Å². The van der Waals surface area contributed by atoms with E-state index in [4.69, 9.17) is 4.74 Å². The molecule has 2 amide bonds. The van der Waals surface area contributed by atoms with Crippen molar-refractivity contribution in [3.05, 3.63) is 11.6 Å². The monoisotopic (exact) mass is 293 g/mol. The van der Waals surface area contributed by atoms with Crippen molar-refractivity contribution in [3.8, 4) is 0 Å². The van der Waals surface area contributed by atoms with Crippen molar-refractivity contribution in [2.24, 2.45) is 5.41 Å². The summed E-state index contributed by atoms with van der Waals surface area (Å²) in [5.41, 5.74) is 0.219. The summed E-state index contributed by atoms with van der Waals surface area (Å²) < 4.78 is 5.54. The second kappa shape index (κ2) is 5.63. The van der Waals surface area contributed by atoms with Gasteiger partial charge in [0.05, 0.1) is 6.54 Å². The highest BCUT2D eigenvalue weighted by Gasteiger charge is 2.32. The Morgan fingerprint density at radius 1 is 1.57 bits per heavy atom. The van der Waals surface area contributed by atoms with Gasteiger partial charge in [0.2, 0.25) is 0 Å². The van der Waals surface area contributed by atoms with Crippen LogP contribution >= 0.6 is 0 Å². The first-order valence-electron chi connectivity index (χ1n) is 7.59. The van der Waals surface area contributed by atoms with Crippen LogP contribution in [0.25, 0.3) is 0 Å². The number of carbonyl (C=O) groups excluding carboxylic acids is 1. The van der Waals surface area contributed by atoms with Gasteiger partial charge in [-0.2, -0.15) is 5.10 Å². The molecule has 7 nitrogen and oxygen atoms in total. The van der Waals surface area contributed by atoms with Gasteiger partial charge in [0.15, 0.2) is 5.82 Å². The zero-order valence-electron chi connectivity index (χ0n) is 12.7. The molecule has 116 valence electrons. The molecule has 1 aromatic heterocycles. The molecule has 3 rings (SSSR count). The van der Waals surface area contributed by atoms with Crippen LogP contribution in [0, 0.1) is 5.41 Å². The predicted molar refractivity (Wildman–Crippen MR) is 76.5 cm³/mol. The summed E-state index contributed by atoms with van der Waals surface area (Å²) in [5.74, 6) is 1.37. The summed E-state index contributed by atoms with van der Waals surface area (Å²) in [7, 11) is 0. The molecule has 2 aliphatic heterocycles. The second-order valence-corrected chi connectivity index (χ2v) is 6.64. The van der Waals surface area contributed by atoms with E-state index in [1.807, 2.05) is 4.90 Å². The molecule has 0 spiro atoms. The number of aromatic amines is 1. The summed E-state index contributed by atoms with van der Waals surface area (Å²) in [6.07, 6.45) is 3.07. The van der Waals surface area contributed by atoms with Crippen LogP contribution in [0.4, 0.5) is 4.79 Å². The Hall–Kier alpha value is -1.63. The van der Waals surface area contributed by atoms with E-state index in [0.29, 0.717) is 18.2 Å². The normalized spacial score (nSPS) is 24.5. The van der Waals surface area contributed by atoms with Gasteiger partial charge in [-0.3, -0.25) is 5.10 Å². The van der Waals surface area contributed by atoms with E-state index in [1.54, 1.807) is 0 Å². The van der Waals surface area contributed by atoms with Gasteiger partial charge >= 0.3 is 6.03 Å². The number of amides is 2. The van der Waals surface area contributed by atoms with E-state index < -0.39 is 0 Å². The number of hydrogen-bond acceptors (Lipinski definition) is 4. The lowest BCUT2D eigenvalue weighted by atomic mass is 9.93. The topological polar surface area (TPSA) is 83.1 Å². The van der Waals surface area contributed by atoms with Crippen LogP contribution in [-0.2, 0) is 11.3 Å². The van der Waals surface area contributed by atoms with Crippen molar-refractivity contribution >= 4 is 6.03 Å². The number of urea groups is 1. The Balaban J connectivity index is 1.50. The van der Waals surface area contributed by atoms with E-state index in [0.717, 1.165) is 39.0 Å². The number of rotatable bonds is 3. The highest BCUT2D eigenvalue weighted by molar-refractivity contribution is 5.74. The molecule has 1 aromatic rings. The van der Waals surface area contributed by atoms with Gasteiger partial charge in [0.1, 0.15) is 11.9 Å². The second-order valence-electron chi connectivity index (χ2n) is 6.64. The van der Waals surface area contributed by atoms with E-state index in [1.165, 1.54) is 0 Å². The lowest BCUT2D eigenvalue weighted by molar-refractivity contribution is 0.105. The first-order chi connectivity index (χ1) is 10.0. The molecule has 2 fully saturated rings. The van der Waals surface area contributed by atoms with Crippen molar-refractivity contribution in [2.45, 2.75) is 45.8 Å². The zero-order valence-corrected chi connectivity index (χ0v) is 12.7. The lowest BCUT2D eigenvalue weighted by Crippen LogP contribution is -2.39. The molecule has 2 aliphatic rings. The summed E-state index contributed by atoms with van der Waals surface area (Å²) in [4.78, 5) is 18.4. The number of likely N-dealkylation sites (tertiary alicyclic amines) is 1. The predicted octanol–water partition coefficient (Wildman–Crippen LogP) is 1.60. The van der Waals surface area contributed by atoms with Gasteiger partial charge in [-0.05, 0) is 24.7 Å². The van der Waals surface area contributed by atoms with Gasteiger partial charge in [-0.25, -0.2) is 9.78 Å². The maximum absolute atomic E-state index is 12.1. The van der Waals surface area contributed by atoms with Crippen molar-refractivity contribution in [1.82, 2.24) is 25.4 Å². The summed E-state index contributed by atoms with van der Waals surface area (Å²) in [5, 5.41) is 9.94. The average Bonchev–Trinajstić information content (AvgIpc) is 3.15. The minimum Gasteiger partial charge on any atom is -0.370 e. The van der Waals surface area contributed by atoms with Crippen molar-refractivity contribution in [1.29, 1.82) is 0 Å². The van der Waals surface area contributed by atoms with E-state index in [-0.39, 0.29) is 17.6 Å². The third kappa shape index (κ3) is 3.34. The highest BCUT2D eigenvalue weighted by Crippen LogP contribution is 2.28. The zero-order chi connectivity index (χ0) is 14.9. The largest absolute Gasteiger partial charge is 0.370 e. The van der Waals surface area contributed by atoms with E-state index in [2.05, 4.69) is 34.3 Å². The standard InChI is InChI=1S/C14H23N5O2/c1-14(2)5-6-19(9-14)13(20)15-8-11-16-12(18-17-11)10-4-3-7-21-10/h10H,3-9H2,1-2H3,(H,15,20)(H,16,17,18)/t10-/m0/s1. The smallest absolute Gasteiger partial charge is 0.317 e. The molecular weight excluding hydrogens is 270 g/mol. The minimum absolute atomic E-state index is 0.00471. The molecule has 3 heterocycles. The number of carbonyl (C=O) groups is 1. The molecule has 0 unspecified atom stereocenters. The molecule has 0 bridgehead atoms. The summed E-state index contributed by atoms with van der Waals surface area (Å²) >= 11 is 0. The molecule has 0 aromatic carbocycles. The Bertz CT molecular complexity index is 507. The number of H-pyrrole nitrogens is 1. The molecule has 0 saturated carbocycles.